The van der Waals surface area contributed by atoms with Gasteiger partial charge >= 0.3 is 7.12 Å². The topological polar surface area (TPSA) is 66.8 Å². The molecule has 0 aliphatic carbocycles. The average Bonchev–Trinajstić information content (AvgIpc) is 2.28. The predicted octanol–water partition coefficient (Wildman–Crippen LogP) is 0.356. The number of benzene rings is 1. The van der Waals surface area contributed by atoms with E-state index < -0.39 is 7.12 Å². The second-order valence-corrected chi connectivity index (χ2v) is 3.62. The van der Waals surface area contributed by atoms with E-state index in [1.54, 1.807) is 6.07 Å². The van der Waals surface area contributed by atoms with Crippen LogP contribution in [-0.4, -0.2) is 29.6 Å². The Labute approximate surface area is 95.0 Å². The van der Waals surface area contributed by atoms with Crippen molar-refractivity contribution in [1.29, 1.82) is 0 Å². The minimum Gasteiger partial charge on any atom is -0.491 e. The van der Waals surface area contributed by atoms with E-state index in [1.165, 1.54) is 12.1 Å². The largest absolute Gasteiger partial charge is 0.491 e. The number of hydrogen-bond donors (Lipinski definition) is 2. The molecule has 16 heavy (non-hydrogen) atoms. The molecule has 0 aromatic heterocycles. The minimum atomic E-state index is -1.64. The van der Waals surface area contributed by atoms with Gasteiger partial charge in [0.05, 0.1) is 6.10 Å². The van der Waals surface area contributed by atoms with Crippen molar-refractivity contribution >= 4 is 18.9 Å². The molecule has 2 N–H and O–H groups in total. The monoisotopic (exact) mass is 222 g/mol. The first-order valence-corrected chi connectivity index (χ1v) is 5.20. The number of rotatable bonds is 5. The van der Waals surface area contributed by atoms with Crippen molar-refractivity contribution in [2.45, 2.75) is 26.4 Å². The summed E-state index contributed by atoms with van der Waals surface area (Å²) in [5.41, 5.74) is 0.419. The second kappa shape index (κ2) is 5.68. The lowest BCUT2D eigenvalue weighted by molar-refractivity contribution is 0.112. The van der Waals surface area contributed by atoms with Gasteiger partial charge in [0.1, 0.15) is 12.0 Å². The molecule has 0 fully saturated rings. The van der Waals surface area contributed by atoms with Gasteiger partial charge in [-0.3, -0.25) is 4.79 Å². The molecule has 0 heterocycles. The van der Waals surface area contributed by atoms with Gasteiger partial charge in [0.25, 0.3) is 0 Å². The molecule has 1 rings (SSSR count). The summed E-state index contributed by atoms with van der Waals surface area (Å²) in [5.74, 6) is 0.556. The van der Waals surface area contributed by atoms with Gasteiger partial charge in [-0.25, -0.2) is 0 Å². The zero-order valence-corrected chi connectivity index (χ0v) is 9.38. The molecule has 0 radical (unpaired) electrons. The molecule has 86 valence electrons. The van der Waals surface area contributed by atoms with Crippen LogP contribution in [0.2, 0.25) is 0 Å². The summed E-state index contributed by atoms with van der Waals surface area (Å²) >= 11 is 0. The van der Waals surface area contributed by atoms with Crippen LogP contribution in [0, 0.1) is 0 Å². The summed E-state index contributed by atoms with van der Waals surface area (Å²) in [5, 5.41) is 18.0. The molecule has 1 aromatic rings. The summed E-state index contributed by atoms with van der Waals surface area (Å²) < 4.78 is 5.52. The Morgan fingerprint density at radius 1 is 1.50 bits per heavy atom. The predicted molar refractivity (Wildman–Crippen MR) is 62.0 cm³/mol. The van der Waals surface area contributed by atoms with Crippen LogP contribution in [0.5, 0.6) is 5.75 Å². The highest BCUT2D eigenvalue weighted by Crippen LogP contribution is 2.14. The van der Waals surface area contributed by atoms with Gasteiger partial charge in [0.15, 0.2) is 0 Å². The van der Waals surface area contributed by atoms with E-state index in [4.69, 9.17) is 14.8 Å². The standard InChI is InChI=1S/C11H15BO4/c1-3-8(2)16-10-4-5-11(12(14)15)9(6-10)7-13/h4-8,14-15H,3H2,1-2H3. The highest BCUT2D eigenvalue weighted by Gasteiger charge is 2.16. The van der Waals surface area contributed by atoms with Crippen molar-refractivity contribution in [2.75, 3.05) is 0 Å². The molecule has 1 atom stereocenters. The average molecular weight is 222 g/mol. The van der Waals surface area contributed by atoms with Crippen molar-refractivity contribution in [3.05, 3.63) is 23.8 Å². The fourth-order valence-electron chi connectivity index (χ4n) is 1.28. The Bertz CT molecular complexity index is 365. The number of ether oxygens (including phenoxy) is 1. The molecule has 5 heteroatoms. The van der Waals surface area contributed by atoms with Gasteiger partial charge in [-0.2, -0.15) is 0 Å². The van der Waals surface area contributed by atoms with Crippen molar-refractivity contribution in [3.8, 4) is 5.75 Å². The lowest BCUT2D eigenvalue weighted by Gasteiger charge is -2.13. The third-order valence-electron chi connectivity index (χ3n) is 2.38. The van der Waals surface area contributed by atoms with E-state index in [9.17, 15) is 4.79 Å². The number of aldehydes is 1. The normalized spacial score (nSPS) is 12.0. The van der Waals surface area contributed by atoms with E-state index in [-0.39, 0.29) is 17.1 Å². The van der Waals surface area contributed by atoms with Crippen LogP contribution < -0.4 is 10.2 Å². The number of carbonyl (C=O) groups is 1. The van der Waals surface area contributed by atoms with Crippen LogP contribution in [0.15, 0.2) is 18.2 Å². The molecule has 1 unspecified atom stereocenters. The minimum absolute atomic E-state index is 0.0596. The Hall–Kier alpha value is -1.33. The lowest BCUT2D eigenvalue weighted by atomic mass is 9.77. The Kier molecular flexibility index (Phi) is 4.52. The number of carbonyl (C=O) groups excluding carboxylic acids is 1. The third-order valence-corrected chi connectivity index (χ3v) is 2.38. The van der Waals surface area contributed by atoms with Crippen LogP contribution in [0.25, 0.3) is 0 Å². The second-order valence-electron chi connectivity index (χ2n) is 3.62. The van der Waals surface area contributed by atoms with Crippen LogP contribution in [0.3, 0.4) is 0 Å². The molecule has 0 aliphatic rings. The highest BCUT2D eigenvalue weighted by molar-refractivity contribution is 6.60. The van der Waals surface area contributed by atoms with Crippen molar-refractivity contribution in [3.63, 3.8) is 0 Å². The SMILES string of the molecule is CCC(C)Oc1ccc(B(O)O)c(C=O)c1. The zero-order valence-electron chi connectivity index (χ0n) is 9.38. The molecule has 0 bridgehead atoms. The molecular weight excluding hydrogens is 207 g/mol. The first kappa shape index (κ1) is 12.7. The maximum absolute atomic E-state index is 10.8. The lowest BCUT2D eigenvalue weighted by Crippen LogP contribution is -2.33. The molecule has 0 saturated heterocycles. The first-order chi connectivity index (χ1) is 7.58. The van der Waals surface area contributed by atoms with Gasteiger partial charge in [0.2, 0.25) is 0 Å². The van der Waals surface area contributed by atoms with Crippen molar-refractivity contribution in [2.24, 2.45) is 0 Å². The van der Waals surface area contributed by atoms with Crippen molar-refractivity contribution in [1.82, 2.24) is 0 Å². The molecule has 1 aromatic carbocycles. The molecule has 4 nitrogen and oxygen atoms in total. The Balaban J connectivity index is 2.95. The van der Waals surface area contributed by atoms with Crippen LogP contribution in [0.4, 0.5) is 0 Å². The summed E-state index contributed by atoms with van der Waals surface area (Å²) in [6.07, 6.45) is 1.50. The highest BCUT2D eigenvalue weighted by atomic mass is 16.5. The summed E-state index contributed by atoms with van der Waals surface area (Å²) in [6, 6.07) is 4.61. The van der Waals surface area contributed by atoms with E-state index in [1.807, 2.05) is 13.8 Å². The first-order valence-electron chi connectivity index (χ1n) is 5.20. The summed E-state index contributed by atoms with van der Waals surface area (Å²) in [4.78, 5) is 10.8. The summed E-state index contributed by atoms with van der Waals surface area (Å²) in [6.45, 7) is 3.92. The fraction of sp³-hybridized carbons (Fsp3) is 0.364. The van der Waals surface area contributed by atoms with E-state index >= 15 is 0 Å². The summed E-state index contributed by atoms with van der Waals surface area (Å²) in [7, 11) is -1.64. The number of hydrogen-bond acceptors (Lipinski definition) is 4. The third kappa shape index (κ3) is 3.08. The molecule has 0 saturated carbocycles. The van der Waals surface area contributed by atoms with Crippen LogP contribution >= 0.6 is 0 Å². The van der Waals surface area contributed by atoms with Gasteiger partial charge in [-0.15, -0.1) is 0 Å². The van der Waals surface area contributed by atoms with Gasteiger partial charge < -0.3 is 14.8 Å². The quantitative estimate of drug-likeness (QED) is 0.557. The van der Waals surface area contributed by atoms with Crippen molar-refractivity contribution < 1.29 is 19.6 Å². The molecule has 0 amide bonds. The van der Waals surface area contributed by atoms with Crippen LogP contribution in [0.1, 0.15) is 30.6 Å². The Morgan fingerprint density at radius 2 is 2.19 bits per heavy atom. The van der Waals surface area contributed by atoms with Gasteiger partial charge in [-0.05, 0) is 30.9 Å². The maximum Gasteiger partial charge on any atom is 0.489 e. The smallest absolute Gasteiger partial charge is 0.489 e. The van der Waals surface area contributed by atoms with E-state index in [0.29, 0.717) is 12.0 Å². The van der Waals surface area contributed by atoms with Gasteiger partial charge in [0, 0.05) is 5.56 Å². The van der Waals surface area contributed by atoms with E-state index in [2.05, 4.69) is 0 Å². The zero-order chi connectivity index (χ0) is 12.1. The van der Waals surface area contributed by atoms with E-state index in [0.717, 1.165) is 6.42 Å². The van der Waals surface area contributed by atoms with Crippen LogP contribution in [-0.2, 0) is 0 Å². The molecular formula is C11H15BO4. The Morgan fingerprint density at radius 3 is 2.69 bits per heavy atom. The van der Waals surface area contributed by atoms with Gasteiger partial charge in [-0.1, -0.05) is 13.0 Å². The maximum atomic E-state index is 10.8. The molecule has 0 spiro atoms. The molecule has 0 aliphatic heterocycles. The fourth-order valence-corrected chi connectivity index (χ4v) is 1.28.